The fourth-order valence-electron chi connectivity index (χ4n) is 3.66. The number of carbonyl (C=O) groups excluding carboxylic acids is 5. The van der Waals surface area contributed by atoms with Crippen molar-refractivity contribution in [2.24, 2.45) is 21.1 Å². The first-order valence-electron chi connectivity index (χ1n) is 12.6. The molecule has 5 amide bonds. The van der Waals surface area contributed by atoms with Crippen molar-refractivity contribution >= 4 is 47.5 Å². The van der Waals surface area contributed by atoms with Crippen LogP contribution in [-0.4, -0.2) is 97.3 Å². The summed E-state index contributed by atoms with van der Waals surface area (Å²) >= 11 is 0. The Kier molecular flexibility index (Phi) is 10.3. The smallest absolute Gasteiger partial charge is 0.292 e. The molecule has 17 nitrogen and oxygen atoms in total. The molecule has 41 heavy (non-hydrogen) atoms. The molecule has 0 saturated carbocycles. The molecule has 0 unspecified atom stereocenters. The quantitative estimate of drug-likeness (QED) is 0.121. The van der Waals surface area contributed by atoms with Crippen molar-refractivity contribution in [1.82, 2.24) is 44.2 Å². The lowest BCUT2D eigenvalue weighted by Crippen LogP contribution is -2.32. The third kappa shape index (κ3) is 8.46. The van der Waals surface area contributed by atoms with Crippen LogP contribution < -0.4 is 26.6 Å². The molecule has 0 saturated heterocycles. The highest BCUT2D eigenvalue weighted by Crippen LogP contribution is 2.12. The number of hydrogen-bond acceptors (Lipinski definition) is 9. The first kappa shape index (κ1) is 30.5. The average molecular weight is 571 g/mol. The number of nitrogens with one attached hydrogen (secondary N) is 5. The minimum Gasteiger partial charge on any atom is -0.349 e. The normalized spacial score (nSPS) is 10.8. The summed E-state index contributed by atoms with van der Waals surface area (Å²) in [6, 6.07) is 0. The molecule has 0 aliphatic heterocycles. The van der Waals surface area contributed by atoms with Gasteiger partial charge in [0.2, 0.25) is 29.8 Å². The highest BCUT2D eigenvalue weighted by atomic mass is 16.2. The minimum atomic E-state index is -0.575. The summed E-state index contributed by atoms with van der Waals surface area (Å²) in [7, 11) is 8.66. The van der Waals surface area contributed by atoms with Crippen molar-refractivity contribution in [3.63, 3.8) is 0 Å². The molecule has 0 aromatic carbocycles. The van der Waals surface area contributed by atoms with Gasteiger partial charge >= 0.3 is 0 Å². The SMILES string of the molecule is CN(C)CCNC(=O)c1nc(NC(=O)c2nc(NC(=O)CCCNC(=O)c3nc(NC=O)cn3C)cn2C)cn1C. The molecule has 3 heterocycles. The Bertz CT molecular complexity index is 1420. The van der Waals surface area contributed by atoms with E-state index in [1.165, 1.54) is 32.3 Å². The van der Waals surface area contributed by atoms with Crippen LogP contribution in [0.3, 0.4) is 0 Å². The molecule has 0 spiro atoms. The Morgan fingerprint density at radius 2 is 1.24 bits per heavy atom. The van der Waals surface area contributed by atoms with Gasteiger partial charge in [0.05, 0.1) is 0 Å². The number of hydrogen-bond donors (Lipinski definition) is 5. The van der Waals surface area contributed by atoms with Crippen LogP contribution in [-0.2, 0) is 30.7 Å². The molecule has 3 rings (SSSR count). The molecule has 5 N–H and O–H groups in total. The Balaban J connectivity index is 1.47. The maximum Gasteiger partial charge on any atom is 0.292 e. The van der Waals surface area contributed by atoms with E-state index in [0.29, 0.717) is 25.9 Å². The van der Waals surface area contributed by atoms with Gasteiger partial charge in [-0.3, -0.25) is 24.0 Å². The van der Waals surface area contributed by atoms with Gasteiger partial charge in [-0.1, -0.05) is 0 Å². The molecule has 0 fully saturated rings. The monoisotopic (exact) mass is 570 g/mol. The van der Waals surface area contributed by atoms with E-state index in [4.69, 9.17) is 0 Å². The van der Waals surface area contributed by atoms with E-state index < -0.39 is 11.8 Å². The number of rotatable bonds is 14. The van der Waals surface area contributed by atoms with Gasteiger partial charge in [-0.15, -0.1) is 0 Å². The zero-order valence-electron chi connectivity index (χ0n) is 23.5. The lowest BCUT2D eigenvalue weighted by molar-refractivity contribution is -0.116. The predicted molar refractivity (Wildman–Crippen MR) is 148 cm³/mol. The second-order valence-corrected chi connectivity index (χ2v) is 9.37. The Hall–Kier alpha value is -5.06. The maximum absolute atomic E-state index is 12.8. The van der Waals surface area contributed by atoms with Crippen molar-refractivity contribution in [3.05, 3.63) is 36.1 Å². The van der Waals surface area contributed by atoms with Crippen LogP contribution in [0.25, 0.3) is 0 Å². The standard InChI is InChI=1S/C24H34N12O5/c1-33(2)10-9-26-23(40)20-31-17(13-35(20)4)32-24(41)21-30-16(12-36(21)5)28-18(38)7-6-8-25-22(39)19-29-15(27-14-37)11-34(19)3/h11-14H,6-10H2,1-5H3,(H,25,39)(H,26,40)(H,27,37)(H,28,38)(H,32,41). The zero-order valence-corrected chi connectivity index (χ0v) is 23.5. The highest BCUT2D eigenvalue weighted by molar-refractivity contribution is 6.02. The van der Waals surface area contributed by atoms with Gasteiger partial charge < -0.3 is 45.2 Å². The van der Waals surface area contributed by atoms with Crippen molar-refractivity contribution in [2.45, 2.75) is 12.8 Å². The third-order valence-electron chi connectivity index (χ3n) is 5.67. The fraction of sp³-hybridized carbons (Fsp3) is 0.417. The van der Waals surface area contributed by atoms with Crippen molar-refractivity contribution < 1.29 is 24.0 Å². The Morgan fingerprint density at radius 3 is 1.80 bits per heavy atom. The summed E-state index contributed by atoms with van der Waals surface area (Å²) in [5.41, 5.74) is 0. The molecular weight excluding hydrogens is 536 g/mol. The van der Waals surface area contributed by atoms with Crippen molar-refractivity contribution in [1.29, 1.82) is 0 Å². The number of aromatic nitrogens is 6. The summed E-state index contributed by atoms with van der Waals surface area (Å²) in [6.45, 7) is 1.33. The largest absolute Gasteiger partial charge is 0.349 e. The number of nitrogens with zero attached hydrogens (tertiary/aromatic N) is 7. The molecule has 0 radical (unpaired) electrons. The number of likely N-dealkylation sites (N-methyl/N-ethyl adjacent to an activating group) is 1. The topological polar surface area (TPSA) is 202 Å². The summed E-state index contributed by atoms with van der Waals surface area (Å²) in [5.74, 6) is -0.864. The van der Waals surface area contributed by atoms with Gasteiger partial charge in [-0.2, -0.15) is 0 Å². The van der Waals surface area contributed by atoms with Gasteiger partial charge in [-0.25, -0.2) is 15.0 Å². The molecule has 17 heteroatoms. The minimum absolute atomic E-state index is 0.0220. The summed E-state index contributed by atoms with van der Waals surface area (Å²) in [4.78, 5) is 74.7. The zero-order chi connectivity index (χ0) is 30.1. The van der Waals surface area contributed by atoms with E-state index in [-0.39, 0.29) is 59.7 Å². The van der Waals surface area contributed by atoms with E-state index in [2.05, 4.69) is 41.5 Å². The van der Waals surface area contributed by atoms with E-state index in [9.17, 15) is 24.0 Å². The number of amides is 5. The second kappa shape index (κ2) is 13.8. The summed E-state index contributed by atoms with van der Waals surface area (Å²) in [5, 5.41) is 13.0. The van der Waals surface area contributed by atoms with Crippen molar-refractivity contribution in [2.75, 3.05) is 49.7 Å². The van der Waals surface area contributed by atoms with E-state index >= 15 is 0 Å². The van der Waals surface area contributed by atoms with Crippen LogP contribution in [0.1, 0.15) is 44.7 Å². The highest BCUT2D eigenvalue weighted by Gasteiger charge is 2.19. The van der Waals surface area contributed by atoms with Gasteiger partial charge in [-0.05, 0) is 20.5 Å². The Morgan fingerprint density at radius 1 is 0.756 bits per heavy atom. The van der Waals surface area contributed by atoms with Gasteiger partial charge in [0.15, 0.2) is 17.5 Å². The number of aryl methyl sites for hydroxylation is 3. The van der Waals surface area contributed by atoms with Crippen LogP contribution in [0.2, 0.25) is 0 Å². The first-order chi connectivity index (χ1) is 19.5. The van der Waals surface area contributed by atoms with Crippen LogP contribution >= 0.6 is 0 Å². The van der Waals surface area contributed by atoms with Gasteiger partial charge in [0.25, 0.3) is 17.7 Å². The first-order valence-corrected chi connectivity index (χ1v) is 12.6. The van der Waals surface area contributed by atoms with Gasteiger partial charge in [0, 0.05) is 65.8 Å². The predicted octanol–water partition coefficient (Wildman–Crippen LogP) is -0.852. The van der Waals surface area contributed by atoms with E-state index in [1.807, 2.05) is 19.0 Å². The average Bonchev–Trinajstić information content (AvgIpc) is 3.57. The molecule has 0 atom stereocenters. The summed E-state index contributed by atoms with van der Waals surface area (Å²) in [6.07, 6.45) is 5.39. The lowest BCUT2D eigenvalue weighted by Gasteiger charge is -2.09. The van der Waals surface area contributed by atoms with E-state index in [0.717, 1.165) is 0 Å². The van der Waals surface area contributed by atoms with Gasteiger partial charge in [0.1, 0.15) is 0 Å². The molecule has 3 aromatic heterocycles. The maximum atomic E-state index is 12.8. The fourth-order valence-corrected chi connectivity index (χ4v) is 3.66. The molecule has 0 aliphatic rings. The second-order valence-electron chi connectivity index (χ2n) is 9.37. The van der Waals surface area contributed by atoms with E-state index in [1.54, 1.807) is 21.1 Å². The lowest BCUT2D eigenvalue weighted by atomic mass is 10.3. The number of anilines is 3. The molecule has 0 bridgehead atoms. The summed E-state index contributed by atoms with van der Waals surface area (Å²) < 4.78 is 4.43. The van der Waals surface area contributed by atoms with Crippen LogP contribution in [0, 0.1) is 0 Å². The van der Waals surface area contributed by atoms with Crippen LogP contribution in [0.4, 0.5) is 17.5 Å². The van der Waals surface area contributed by atoms with Crippen LogP contribution in [0.5, 0.6) is 0 Å². The number of imidazole rings is 3. The molecule has 220 valence electrons. The molecule has 3 aromatic rings. The third-order valence-corrected chi connectivity index (χ3v) is 5.67. The Labute approximate surface area is 235 Å². The molecule has 0 aliphatic carbocycles. The van der Waals surface area contributed by atoms with Crippen molar-refractivity contribution in [3.8, 4) is 0 Å². The number of carbonyl (C=O) groups is 5. The molecular formula is C24H34N12O5. The van der Waals surface area contributed by atoms with Crippen LogP contribution in [0.15, 0.2) is 18.6 Å².